The van der Waals surface area contributed by atoms with Crippen LogP contribution in [0.3, 0.4) is 0 Å². The molecule has 0 saturated heterocycles. The molecule has 3 nitrogen and oxygen atoms in total. The van der Waals surface area contributed by atoms with Gasteiger partial charge in [0.15, 0.2) is 5.82 Å². The smallest absolute Gasteiger partial charge is 0.159 e. The summed E-state index contributed by atoms with van der Waals surface area (Å²) in [6, 6.07) is 8.32. The Morgan fingerprint density at radius 1 is 0.694 bits per heavy atom. The minimum absolute atomic E-state index is 0.800. The van der Waals surface area contributed by atoms with Crippen molar-refractivity contribution in [2.45, 2.75) is 129 Å². The van der Waals surface area contributed by atoms with Crippen LogP contribution >= 0.6 is 0 Å². The highest BCUT2D eigenvalue weighted by Crippen LogP contribution is 2.36. The predicted molar refractivity (Wildman–Crippen MR) is 153 cm³/mol. The van der Waals surface area contributed by atoms with E-state index in [0.717, 1.165) is 42.0 Å². The summed E-state index contributed by atoms with van der Waals surface area (Å²) in [4.78, 5) is 9.22. The fraction of sp³-hybridized carbons (Fsp3) is 0.697. The van der Waals surface area contributed by atoms with Crippen molar-refractivity contribution in [3.05, 3.63) is 42.2 Å². The van der Waals surface area contributed by atoms with Crippen molar-refractivity contribution in [1.82, 2.24) is 9.97 Å². The third-order valence-corrected chi connectivity index (χ3v) is 8.12. The fourth-order valence-corrected chi connectivity index (χ4v) is 5.86. The molecule has 2 aromatic rings. The van der Waals surface area contributed by atoms with Gasteiger partial charge in [0, 0.05) is 18.0 Å². The van der Waals surface area contributed by atoms with Crippen LogP contribution in [0.1, 0.15) is 129 Å². The van der Waals surface area contributed by atoms with E-state index in [2.05, 4.69) is 48.1 Å². The van der Waals surface area contributed by atoms with Crippen molar-refractivity contribution in [3.63, 3.8) is 0 Å². The number of benzene rings is 1. The van der Waals surface area contributed by atoms with Gasteiger partial charge in [-0.3, -0.25) is 0 Å². The molecule has 1 aliphatic rings. The van der Waals surface area contributed by atoms with E-state index in [1.54, 1.807) is 0 Å². The van der Waals surface area contributed by atoms with Crippen molar-refractivity contribution in [2.75, 3.05) is 6.61 Å². The molecule has 36 heavy (non-hydrogen) atoms. The van der Waals surface area contributed by atoms with Crippen molar-refractivity contribution in [1.29, 1.82) is 0 Å². The van der Waals surface area contributed by atoms with E-state index < -0.39 is 0 Å². The topological polar surface area (TPSA) is 35.0 Å². The number of ether oxygens (including phenoxy) is 1. The van der Waals surface area contributed by atoms with E-state index in [9.17, 15) is 0 Å². The van der Waals surface area contributed by atoms with E-state index in [1.807, 2.05) is 12.4 Å². The Balaban J connectivity index is 1.35. The summed E-state index contributed by atoms with van der Waals surface area (Å²) < 4.78 is 6.10. The SMILES string of the molecule is CCCCCCCc1cnc(-c2ccc(OCCCC3CCCCC3CCCCCCC)cc2)nc1. The van der Waals surface area contributed by atoms with Gasteiger partial charge in [-0.05, 0) is 67.3 Å². The number of unbranched alkanes of at least 4 members (excludes halogenated alkanes) is 8. The van der Waals surface area contributed by atoms with Gasteiger partial charge in [-0.25, -0.2) is 9.97 Å². The number of hydrogen-bond donors (Lipinski definition) is 0. The Morgan fingerprint density at radius 3 is 1.92 bits per heavy atom. The Kier molecular flexibility index (Phi) is 14.0. The Bertz CT molecular complexity index is 801. The van der Waals surface area contributed by atoms with Gasteiger partial charge < -0.3 is 4.74 Å². The first-order valence-corrected chi connectivity index (χ1v) is 15.3. The minimum atomic E-state index is 0.800. The number of rotatable bonds is 18. The summed E-state index contributed by atoms with van der Waals surface area (Å²) in [7, 11) is 0. The molecule has 1 aromatic carbocycles. The average Bonchev–Trinajstić information content (AvgIpc) is 2.92. The van der Waals surface area contributed by atoms with Crippen molar-refractivity contribution < 1.29 is 4.74 Å². The molecule has 0 amide bonds. The first-order valence-electron chi connectivity index (χ1n) is 15.3. The standard InChI is InChI=1S/C33H52N2O/c1-3-5-7-9-11-16-28-26-34-33(35-27-28)31-21-23-32(24-22-31)36-25-15-20-30-19-14-13-18-29(30)17-12-10-8-6-4-2/h21-24,26-27,29-30H,3-20,25H2,1-2H3. The van der Waals surface area contributed by atoms with Gasteiger partial charge in [-0.1, -0.05) is 104 Å². The second kappa shape index (κ2) is 17.5. The summed E-state index contributed by atoms with van der Waals surface area (Å²) in [5.41, 5.74) is 2.30. The lowest BCUT2D eigenvalue weighted by Gasteiger charge is -2.31. The Labute approximate surface area is 221 Å². The molecule has 0 N–H and O–H groups in total. The molecular formula is C33H52N2O. The highest BCUT2D eigenvalue weighted by molar-refractivity contribution is 5.55. The lowest BCUT2D eigenvalue weighted by Crippen LogP contribution is -2.20. The highest BCUT2D eigenvalue weighted by Gasteiger charge is 2.24. The summed E-state index contributed by atoms with van der Waals surface area (Å²) in [6.45, 7) is 5.38. The zero-order valence-corrected chi connectivity index (χ0v) is 23.4. The first-order chi connectivity index (χ1) is 17.8. The zero-order chi connectivity index (χ0) is 25.3. The van der Waals surface area contributed by atoms with Gasteiger partial charge in [0.2, 0.25) is 0 Å². The summed E-state index contributed by atoms with van der Waals surface area (Å²) >= 11 is 0. The molecular weight excluding hydrogens is 440 g/mol. The maximum absolute atomic E-state index is 6.10. The summed E-state index contributed by atoms with van der Waals surface area (Å²) in [6.07, 6.45) is 28.4. The maximum atomic E-state index is 6.10. The second-order valence-electron chi connectivity index (χ2n) is 11.1. The van der Waals surface area contributed by atoms with E-state index in [4.69, 9.17) is 4.74 Å². The Hall–Kier alpha value is -1.90. The first kappa shape index (κ1) is 28.7. The summed E-state index contributed by atoms with van der Waals surface area (Å²) in [5.74, 6) is 3.65. The van der Waals surface area contributed by atoms with E-state index >= 15 is 0 Å². The lowest BCUT2D eigenvalue weighted by molar-refractivity contribution is 0.190. The molecule has 1 aliphatic carbocycles. The van der Waals surface area contributed by atoms with Crippen LogP contribution in [0.4, 0.5) is 0 Å². The highest BCUT2D eigenvalue weighted by atomic mass is 16.5. The predicted octanol–water partition coefficient (Wildman–Crippen LogP) is 9.98. The number of hydrogen-bond acceptors (Lipinski definition) is 3. The van der Waals surface area contributed by atoms with Crippen LogP contribution in [0, 0.1) is 11.8 Å². The minimum Gasteiger partial charge on any atom is -0.494 e. The van der Waals surface area contributed by atoms with Crippen LogP contribution in [-0.2, 0) is 6.42 Å². The molecule has 1 aromatic heterocycles. The quantitative estimate of drug-likeness (QED) is 0.194. The number of nitrogens with zero attached hydrogens (tertiary/aromatic N) is 2. The largest absolute Gasteiger partial charge is 0.494 e. The molecule has 0 spiro atoms. The number of aryl methyl sites for hydroxylation is 1. The lowest BCUT2D eigenvalue weighted by atomic mass is 9.74. The molecule has 0 aliphatic heterocycles. The van der Waals surface area contributed by atoms with Gasteiger partial charge in [0.05, 0.1) is 6.61 Å². The van der Waals surface area contributed by atoms with Crippen LogP contribution in [0.15, 0.2) is 36.7 Å². The molecule has 1 fully saturated rings. The molecule has 1 heterocycles. The maximum Gasteiger partial charge on any atom is 0.159 e. The summed E-state index contributed by atoms with van der Waals surface area (Å²) in [5, 5.41) is 0. The molecule has 2 atom stereocenters. The van der Waals surface area contributed by atoms with E-state index in [-0.39, 0.29) is 0 Å². The van der Waals surface area contributed by atoms with Gasteiger partial charge >= 0.3 is 0 Å². The third-order valence-electron chi connectivity index (χ3n) is 8.12. The van der Waals surface area contributed by atoms with Crippen molar-refractivity contribution in [3.8, 4) is 17.1 Å². The van der Waals surface area contributed by atoms with Gasteiger partial charge in [0.25, 0.3) is 0 Å². The molecule has 0 radical (unpaired) electrons. The Morgan fingerprint density at radius 2 is 1.28 bits per heavy atom. The van der Waals surface area contributed by atoms with Gasteiger partial charge in [0.1, 0.15) is 5.75 Å². The van der Waals surface area contributed by atoms with Gasteiger partial charge in [-0.15, -0.1) is 0 Å². The third kappa shape index (κ3) is 10.6. The van der Waals surface area contributed by atoms with Crippen LogP contribution in [-0.4, -0.2) is 16.6 Å². The molecule has 3 rings (SSSR count). The number of aromatic nitrogens is 2. The van der Waals surface area contributed by atoms with E-state index in [1.165, 1.54) is 115 Å². The van der Waals surface area contributed by atoms with E-state index in [0.29, 0.717) is 0 Å². The molecule has 0 bridgehead atoms. The molecule has 2 unspecified atom stereocenters. The van der Waals surface area contributed by atoms with Crippen molar-refractivity contribution >= 4 is 0 Å². The second-order valence-corrected chi connectivity index (χ2v) is 11.1. The van der Waals surface area contributed by atoms with Crippen molar-refractivity contribution in [2.24, 2.45) is 11.8 Å². The van der Waals surface area contributed by atoms with Crippen LogP contribution in [0.25, 0.3) is 11.4 Å². The van der Waals surface area contributed by atoms with Gasteiger partial charge in [-0.2, -0.15) is 0 Å². The monoisotopic (exact) mass is 492 g/mol. The molecule has 1 saturated carbocycles. The molecule has 200 valence electrons. The van der Waals surface area contributed by atoms with Crippen LogP contribution in [0.2, 0.25) is 0 Å². The van der Waals surface area contributed by atoms with Crippen LogP contribution in [0.5, 0.6) is 5.75 Å². The average molecular weight is 493 g/mol. The normalized spacial score (nSPS) is 17.8. The molecule has 3 heteroatoms. The van der Waals surface area contributed by atoms with Crippen LogP contribution < -0.4 is 4.74 Å². The fourth-order valence-electron chi connectivity index (χ4n) is 5.86. The zero-order valence-electron chi connectivity index (χ0n) is 23.4.